The lowest BCUT2D eigenvalue weighted by Gasteiger charge is -2.03. The average Bonchev–Trinajstić information content (AvgIpc) is 3.33. The smallest absolute Gasteiger partial charge is 0.246 e. The second-order valence-corrected chi connectivity index (χ2v) is 6.80. The molecule has 27 heavy (non-hydrogen) atoms. The van der Waals surface area contributed by atoms with E-state index in [4.69, 9.17) is 16.1 Å². The Morgan fingerprint density at radius 2 is 1.96 bits per heavy atom. The fraction of sp³-hybridized carbons (Fsp3) is 0.211. The van der Waals surface area contributed by atoms with Gasteiger partial charge in [0, 0.05) is 16.5 Å². The largest absolute Gasteiger partial charge is 0.347 e. The van der Waals surface area contributed by atoms with Crippen LogP contribution >= 0.6 is 11.6 Å². The molecule has 2 unspecified atom stereocenters. The van der Waals surface area contributed by atoms with Crippen molar-refractivity contribution in [1.29, 1.82) is 0 Å². The molecule has 1 heterocycles. The highest BCUT2D eigenvalue weighted by atomic mass is 35.5. The highest BCUT2D eigenvalue weighted by molar-refractivity contribution is 6.30. The van der Waals surface area contributed by atoms with E-state index in [9.17, 15) is 13.6 Å². The summed E-state index contributed by atoms with van der Waals surface area (Å²) in [5.41, 5.74) is 1.37. The standard InChI is InChI=1S/C19H14ClF2N3O2/c20-12-4-1-10(2-5-12)18-24-17(27-25-18)9-23-19(26)14-8-13(14)11-3-6-15(21)16(22)7-11/h1-7,13-14H,8-9H2,(H,23,26). The van der Waals surface area contributed by atoms with Crippen LogP contribution in [0.4, 0.5) is 8.78 Å². The first-order valence-corrected chi connectivity index (χ1v) is 8.70. The lowest BCUT2D eigenvalue weighted by molar-refractivity contribution is -0.122. The van der Waals surface area contributed by atoms with Crippen molar-refractivity contribution < 1.29 is 18.1 Å². The van der Waals surface area contributed by atoms with Gasteiger partial charge in [0.05, 0.1) is 6.54 Å². The zero-order chi connectivity index (χ0) is 19.0. The summed E-state index contributed by atoms with van der Waals surface area (Å²) in [6.07, 6.45) is 0.594. The van der Waals surface area contributed by atoms with Gasteiger partial charge in [-0.15, -0.1) is 0 Å². The number of hydrogen-bond donors (Lipinski definition) is 1. The molecular weight excluding hydrogens is 376 g/mol. The molecule has 0 aliphatic heterocycles. The molecule has 0 radical (unpaired) electrons. The van der Waals surface area contributed by atoms with E-state index in [1.165, 1.54) is 6.07 Å². The third kappa shape index (κ3) is 3.83. The van der Waals surface area contributed by atoms with Crippen molar-refractivity contribution >= 4 is 17.5 Å². The molecule has 1 aliphatic carbocycles. The van der Waals surface area contributed by atoms with Gasteiger partial charge in [0.15, 0.2) is 11.6 Å². The van der Waals surface area contributed by atoms with Gasteiger partial charge in [0.1, 0.15) is 0 Å². The molecule has 2 atom stereocenters. The Hall–Kier alpha value is -2.80. The summed E-state index contributed by atoms with van der Waals surface area (Å²) in [7, 11) is 0. The van der Waals surface area contributed by atoms with Crippen LogP contribution in [0.3, 0.4) is 0 Å². The Labute approximate surface area is 158 Å². The molecule has 1 aliphatic rings. The number of hydrogen-bond acceptors (Lipinski definition) is 4. The van der Waals surface area contributed by atoms with Gasteiger partial charge in [-0.1, -0.05) is 22.8 Å². The highest BCUT2D eigenvalue weighted by Crippen LogP contribution is 2.47. The van der Waals surface area contributed by atoms with Gasteiger partial charge in [-0.25, -0.2) is 8.78 Å². The molecule has 0 spiro atoms. The Morgan fingerprint density at radius 3 is 2.70 bits per heavy atom. The van der Waals surface area contributed by atoms with Gasteiger partial charge in [-0.05, 0) is 54.3 Å². The van der Waals surface area contributed by atoms with Crippen molar-refractivity contribution in [2.75, 3.05) is 0 Å². The molecule has 0 bridgehead atoms. The van der Waals surface area contributed by atoms with Gasteiger partial charge < -0.3 is 9.84 Å². The predicted molar refractivity (Wildman–Crippen MR) is 93.8 cm³/mol. The molecule has 1 fully saturated rings. The van der Waals surface area contributed by atoms with Crippen LogP contribution in [-0.4, -0.2) is 16.0 Å². The minimum atomic E-state index is -0.904. The van der Waals surface area contributed by atoms with Crippen LogP contribution < -0.4 is 5.32 Å². The van der Waals surface area contributed by atoms with E-state index >= 15 is 0 Å². The minimum absolute atomic E-state index is 0.0976. The third-order valence-corrected chi connectivity index (χ3v) is 4.74. The second kappa shape index (κ2) is 7.08. The molecule has 1 saturated carbocycles. The number of aromatic nitrogens is 2. The fourth-order valence-corrected chi connectivity index (χ4v) is 3.06. The van der Waals surface area contributed by atoms with Crippen LogP contribution in [0.2, 0.25) is 5.02 Å². The molecule has 1 amide bonds. The number of nitrogens with zero attached hydrogens (tertiary/aromatic N) is 2. The molecule has 3 aromatic rings. The first kappa shape index (κ1) is 17.6. The maximum atomic E-state index is 13.3. The summed E-state index contributed by atoms with van der Waals surface area (Å²) in [6.45, 7) is 0.0976. The summed E-state index contributed by atoms with van der Waals surface area (Å²) in [5, 5.41) is 7.22. The average molecular weight is 390 g/mol. The zero-order valence-corrected chi connectivity index (χ0v) is 14.7. The van der Waals surface area contributed by atoms with E-state index in [1.54, 1.807) is 24.3 Å². The molecular formula is C19H14ClF2N3O2. The van der Waals surface area contributed by atoms with Crippen LogP contribution in [0, 0.1) is 17.6 Å². The molecule has 2 aromatic carbocycles. The van der Waals surface area contributed by atoms with Gasteiger partial charge in [-0.3, -0.25) is 4.79 Å². The van der Waals surface area contributed by atoms with Crippen molar-refractivity contribution in [2.45, 2.75) is 18.9 Å². The summed E-state index contributed by atoms with van der Waals surface area (Å²) >= 11 is 5.85. The van der Waals surface area contributed by atoms with E-state index in [1.807, 2.05) is 0 Å². The molecule has 8 heteroatoms. The van der Waals surface area contributed by atoms with Crippen molar-refractivity contribution in [3.63, 3.8) is 0 Å². The van der Waals surface area contributed by atoms with Crippen LogP contribution in [0.1, 0.15) is 23.8 Å². The quantitative estimate of drug-likeness (QED) is 0.713. The van der Waals surface area contributed by atoms with Crippen LogP contribution in [-0.2, 0) is 11.3 Å². The minimum Gasteiger partial charge on any atom is -0.347 e. The zero-order valence-electron chi connectivity index (χ0n) is 14.0. The molecule has 0 saturated heterocycles. The number of carbonyl (C=O) groups is 1. The number of halogens is 3. The SMILES string of the molecule is O=C(NCc1nc(-c2ccc(Cl)cc2)no1)C1CC1c1ccc(F)c(F)c1. The van der Waals surface area contributed by atoms with Crippen molar-refractivity contribution in [1.82, 2.24) is 15.5 Å². The van der Waals surface area contributed by atoms with Crippen molar-refractivity contribution in [3.05, 3.63) is 70.6 Å². The molecule has 138 valence electrons. The van der Waals surface area contributed by atoms with E-state index in [0.717, 1.165) is 17.7 Å². The number of rotatable bonds is 5. The number of carbonyl (C=O) groups excluding carboxylic acids is 1. The lowest BCUT2D eigenvalue weighted by atomic mass is 10.1. The van der Waals surface area contributed by atoms with Gasteiger partial charge >= 0.3 is 0 Å². The molecule has 1 aromatic heterocycles. The van der Waals surface area contributed by atoms with Gasteiger partial charge in [-0.2, -0.15) is 4.98 Å². The predicted octanol–water partition coefficient (Wildman–Crippen LogP) is 4.09. The Morgan fingerprint density at radius 1 is 1.19 bits per heavy atom. The Balaban J connectivity index is 1.34. The highest BCUT2D eigenvalue weighted by Gasteiger charge is 2.44. The topological polar surface area (TPSA) is 68.0 Å². The van der Waals surface area contributed by atoms with E-state index in [-0.39, 0.29) is 30.2 Å². The number of benzene rings is 2. The summed E-state index contributed by atoms with van der Waals surface area (Å²) in [5.74, 6) is -1.68. The molecule has 1 N–H and O–H groups in total. The summed E-state index contributed by atoms with van der Waals surface area (Å²) < 4.78 is 31.5. The van der Waals surface area contributed by atoms with E-state index < -0.39 is 11.6 Å². The van der Waals surface area contributed by atoms with Crippen molar-refractivity contribution in [3.8, 4) is 11.4 Å². The Kier molecular flexibility index (Phi) is 4.61. The first-order valence-electron chi connectivity index (χ1n) is 8.32. The van der Waals surface area contributed by atoms with Gasteiger partial charge in [0.2, 0.25) is 17.6 Å². The normalized spacial score (nSPS) is 18.3. The maximum Gasteiger partial charge on any atom is 0.246 e. The summed E-state index contributed by atoms with van der Waals surface area (Å²) in [4.78, 5) is 16.5. The van der Waals surface area contributed by atoms with Crippen LogP contribution in [0.5, 0.6) is 0 Å². The van der Waals surface area contributed by atoms with E-state index in [2.05, 4.69) is 15.5 Å². The summed E-state index contributed by atoms with van der Waals surface area (Å²) in [6, 6.07) is 10.7. The van der Waals surface area contributed by atoms with Crippen LogP contribution in [0.25, 0.3) is 11.4 Å². The van der Waals surface area contributed by atoms with E-state index in [0.29, 0.717) is 22.8 Å². The second-order valence-electron chi connectivity index (χ2n) is 6.36. The molecule has 5 nitrogen and oxygen atoms in total. The van der Waals surface area contributed by atoms with Crippen LogP contribution in [0.15, 0.2) is 47.0 Å². The van der Waals surface area contributed by atoms with Gasteiger partial charge in [0.25, 0.3) is 0 Å². The first-order chi connectivity index (χ1) is 13.0. The van der Waals surface area contributed by atoms with Crippen molar-refractivity contribution in [2.24, 2.45) is 5.92 Å². The number of amides is 1. The third-order valence-electron chi connectivity index (χ3n) is 4.48. The fourth-order valence-electron chi connectivity index (χ4n) is 2.93. The number of nitrogens with one attached hydrogen (secondary N) is 1. The monoisotopic (exact) mass is 389 g/mol. The molecule has 4 rings (SSSR count). The lowest BCUT2D eigenvalue weighted by Crippen LogP contribution is -2.25. The maximum absolute atomic E-state index is 13.3. The Bertz CT molecular complexity index is 991.